The van der Waals surface area contributed by atoms with Crippen molar-refractivity contribution in [2.45, 2.75) is 26.2 Å². The second kappa shape index (κ2) is 3.92. The first kappa shape index (κ1) is 9.40. The van der Waals surface area contributed by atoms with E-state index in [1.165, 1.54) is 17.6 Å². The molecule has 0 bridgehead atoms. The molecule has 2 heterocycles. The molecule has 1 unspecified atom stereocenters. The van der Waals surface area contributed by atoms with Crippen molar-refractivity contribution in [3.05, 3.63) is 23.3 Å². The zero-order valence-corrected chi connectivity index (χ0v) is 9.14. The van der Waals surface area contributed by atoms with Crippen LogP contribution in [0, 0.1) is 0 Å². The third-order valence-electron chi connectivity index (χ3n) is 2.37. The molecular weight excluding hydrogens is 194 g/mol. The van der Waals surface area contributed by atoms with Crippen molar-refractivity contribution >= 4 is 11.3 Å². The standard InChI is InChI=1S/C10H13N3S/c1-3-7(2)8-4-5-9(14-8)10-11-6-12-13-10/h4-7H,3H2,1-2H3,(H,11,12,13). The van der Waals surface area contributed by atoms with E-state index in [2.05, 4.69) is 41.2 Å². The first-order valence-corrected chi connectivity index (χ1v) is 5.58. The van der Waals surface area contributed by atoms with Gasteiger partial charge in [-0.3, -0.25) is 5.10 Å². The number of aromatic amines is 1. The maximum atomic E-state index is 4.13. The predicted octanol–water partition coefficient (Wildman–Crippen LogP) is 3.05. The molecule has 0 saturated heterocycles. The number of aromatic nitrogens is 3. The second-order valence-electron chi connectivity index (χ2n) is 3.35. The van der Waals surface area contributed by atoms with Crippen molar-refractivity contribution in [1.29, 1.82) is 0 Å². The van der Waals surface area contributed by atoms with E-state index >= 15 is 0 Å². The summed E-state index contributed by atoms with van der Waals surface area (Å²) in [6.07, 6.45) is 2.72. The van der Waals surface area contributed by atoms with Crippen LogP contribution in [-0.2, 0) is 0 Å². The van der Waals surface area contributed by atoms with Gasteiger partial charge in [0.25, 0.3) is 0 Å². The van der Waals surface area contributed by atoms with E-state index in [-0.39, 0.29) is 0 Å². The molecule has 2 aromatic rings. The number of nitrogens with one attached hydrogen (secondary N) is 1. The third-order valence-corrected chi connectivity index (χ3v) is 3.70. The van der Waals surface area contributed by atoms with Crippen LogP contribution in [-0.4, -0.2) is 15.2 Å². The van der Waals surface area contributed by atoms with Crippen molar-refractivity contribution in [2.75, 3.05) is 0 Å². The first-order valence-electron chi connectivity index (χ1n) is 4.76. The summed E-state index contributed by atoms with van der Waals surface area (Å²) in [5, 5.41) is 6.72. The molecule has 2 aromatic heterocycles. The van der Waals surface area contributed by atoms with E-state index in [1.807, 2.05) is 0 Å². The molecule has 0 aliphatic rings. The number of H-pyrrole nitrogens is 1. The predicted molar refractivity (Wildman–Crippen MR) is 58.4 cm³/mol. The molecule has 0 radical (unpaired) electrons. The molecule has 14 heavy (non-hydrogen) atoms. The van der Waals surface area contributed by atoms with Gasteiger partial charge in [-0.1, -0.05) is 13.8 Å². The molecule has 0 aliphatic carbocycles. The summed E-state index contributed by atoms with van der Waals surface area (Å²) in [6.45, 7) is 4.45. The van der Waals surface area contributed by atoms with Crippen molar-refractivity contribution in [3.63, 3.8) is 0 Å². The van der Waals surface area contributed by atoms with Crippen molar-refractivity contribution in [1.82, 2.24) is 15.2 Å². The number of thiophene rings is 1. The quantitative estimate of drug-likeness (QED) is 0.840. The lowest BCUT2D eigenvalue weighted by atomic mass is 10.1. The van der Waals surface area contributed by atoms with Gasteiger partial charge in [-0.2, -0.15) is 5.10 Å². The van der Waals surface area contributed by atoms with Gasteiger partial charge >= 0.3 is 0 Å². The molecule has 0 aliphatic heterocycles. The lowest BCUT2D eigenvalue weighted by Crippen LogP contribution is -1.84. The molecule has 0 aromatic carbocycles. The van der Waals surface area contributed by atoms with Crippen LogP contribution in [0.4, 0.5) is 0 Å². The summed E-state index contributed by atoms with van der Waals surface area (Å²) in [6, 6.07) is 4.28. The number of nitrogens with zero attached hydrogens (tertiary/aromatic N) is 2. The molecule has 2 rings (SSSR count). The van der Waals surface area contributed by atoms with Gasteiger partial charge in [0.1, 0.15) is 6.33 Å². The highest BCUT2D eigenvalue weighted by Crippen LogP contribution is 2.31. The van der Waals surface area contributed by atoms with E-state index in [9.17, 15) is 0 Å². The zero-order valence-electron chi connectivity index (χ0n) is 8.32. The van der Waals surface area contributed by atoms with Crippen LogP contribution in [0.25, 0.3) is 10.7 Å². The van der Waals surface area contributed by atoms with Crippen LogP contribution in [0.3, 0.4) is 0 Å². The summed E-state index contributed by atoms with van der Waals surface area (Å²) in [5.74, 6) is 1.50. The fourth-order valence-corrected chi connectivity index (χ4v) is 2.36. The van der Waals surface area contributed by atoms with Gasteiger partial charge < -0.3 is 0 Å². The molecule has 0 amide bonds. The molecular formula is C10H13N3S. The van der Waals surface area contributed by atoms with Crippen molar-refractivity contribution < 1.29 is 0 Å². The Morgan fingerprint density at radius 2 is 2.36 bits per heavy atom. The fraction of sp³-hybridized carbons (Fsp3) is 0.400. The largest absolute Gasteiger partial charge is 0.259 e. The van der Waals surface area contributed by atoms with Crippen LogP contribution in [0.1, 0.15) is 31.1 Å². The highest BCUT2D eigenvalue weighted by atomic mass is 32.1. The Labute approximate surface area is 87.2 Å². The number of hydrogen-bond acceptors (Lipinski definition) is 3. The van der Waals surface area contributed by atoms with E-state index in [0.29, 0.717) is 5.92 Å². The van der Waals surface area contributed by atoms with Gasteiger partial charge in [-0.25, -0.2) is 4.98 Å². The van der Waals surface area contributed by atoms with E-state index in [4.69, 9.17) is 0 Å². The highest BCUT2D eigenvalue weighted by molar-refractivity contribution is 7.15. The van der Waals surface area contributed by atoms with Crippen LogP contribution in [0.5, 0.6) is 0 Å². The minimum atomic E-state index is 0.636. The molecule has 4 heteroatoms. The normalized spacial score (nSPS) is 13.0. The molecule has 0 saturated carbocycles. The smallest absolute Gasteiger partial charge is 0.165 e. The van der Waals surface area contributed by atoms with Crippen LogP contribution in [0.15, 0.2) is 18.5 Å². The Balaban J connectivity index is 2.26. The van der Waals surface area contributed by atoms with Gasteiger partial charge in [-0.15, -0.1) is 11.3 Å². The average Bonchev–Trinajstić information content (AvgIpc) is 2.86. The molecule has 0 fully saturated rings. The molecule has 0 spiro atoms. The lowest BCUT2D eigenvalue weighted by molar-refractivity contribution is 0.748. The second-order valence-corrected chi connectivity index (χ2v) is 4.46. The summed E-state index contributed by atoms with van der Waals surface area (Å²) in [5.41, 5.74) is 0. The van der Waals surface area contributed by atoms with Crippen LogP contribution >= 0.6 is 11.3 Å². The van der Waals surface area contributed by atoms with Gasteiger partial charge in [0.05, 0.1) is 4.88 Å². The Morgan fingerprint density at radius 1 is 1.50 bits per heavy atom. The monoisotopic (exact) mass is 207 g/mol. The topological polar surface area (TPSA) is 41.6 Å². The molecule has 74 valence electrons. The maximum absolute atomic E-state index is 4.13. The van der Waals surface area contributed by atoms with E-state index < -0.39 is 0 Å². The van der Waals surface area contributed by atoms with Crippen molar-refractivity contribution in [3.8, 4) is 10.7 Å². The van der Waals surface area contributed by atoms with Gasteiger partial charge in [0, 0.05) is 4.88 Å². The summed E-state index contributed by atoms with van der Waals surface area (Å²) in [4.78, 5) is 6.71. The minimum absolute atomic E-state index is 0.636. The van der Waals surface area contributed by atoms with Crippen molar-refractivity contribution in [2.24, 2.45) is 0 Å². The lowest BCUT2D eigenvalue weighted by Gasteiger charge is -2.02. The summed E-state index contributed by atoms with van der Waals surface area (Å²) >= 11 is 1.79. The Hall–Kier alpha value is -1.16. The number of hydrogen-bond donors (Lipinski definition) is 1. The highest BCUT2D eigenvalue weighted by Gasteiger charge is 2.08. The Morgan fingerprint density at radius 3 is 3.00 bits per heavy atom. The van der Waals surface area contributed by atoms with E-state index in [1.54, 1.807) is 11.3 Å². The molecule has 1 N–H and O–H groups in total. The summed E-state index contributed by atoms with van der Waals surface area (Å²) < 4.78 is 0. The Kier molecular flexibility index (Phi) is 2.63. The minimum Gasteiger partial charge on any atom is -0.259 e. The number of rotatable bonds is 3. The molecule has 3 nitrogen and oxygen atoms in total. The van der Waals surface area contributed by atoms with Gasteiger partial charge in [-0.05, 0) is 24.5 Å². The van der Waals surface area contributed by atoms with Crippen LogP contribution < -0.4 is 0 Å². The fourth-order valence-electron chi connectivity index (χ4n) is 1.27. The van der Waals surface area contributed by atoms with E-state index in [0.717, 1.165) is 10.7 Å². The average molecular weight is 207 g/mol. The maximum Gasteiger partial charge on any atom is 0.165 e. The summed E-state index contributed by atoms with van der Waals surface area (Å²) in [7, 11) is 0. The first-order chi connectivity index (χ1) is 6.81. The van der Waals surface area contributed by atoms with Gasteiger partial charge in [0.2, 0.25) is 0 Å². The molecule has 1 atom stereocenters. The van der Waals surface area contributed by atoms with Crippen LogP contribution in [0.2, 0.25) is 0 Å². The SMILES string of the molecule is CCC(C)c1ccc(-c2ncn[nH]2)s1. The zero-order chi connectivity index (χ0) is 9.97. The third kappa shape index (κ3) is 1.70. The van der Waals surface area contributed by atoms with Gasteiger partial charge in [0.15, 0.2) is 5.82 Å². The Bertz CT molecular complexity index is 391.